The highest BCUT2D eigenvalue weighted by Crippen LogP contribution is 2.16. The predicted molar refractivity (Wildman–Crippen MR) is 65.3 cm³/mol. The molecular weight excluding hydrogens is 263 g/mol. The number of nitro benzene ring substituents is 1. The normalized spacial score (nSPS) is 11.9. The lowest BCUT2D eigenvalue weighted by atomic mass is 10.1. The number of hydrogen-bond acceptors (Lipinski definition) is 3. The largest absolute Gasteiger partial charge is 0.348 e. The molecule has 0 radical (unpaired) electrons. The third kappa shape index (κ3) is 3.40. The molecule has 0 aliphatic rings. The topological polar surface area (TPSA) is 72.2 Å². The predicted octanol–water partition coefficient (Wildman–Crippen LogP) is 2.48. The number of alkyl halides is 1. The van der Waals surface area contributed by atoms with Crippen LogP contribution in [0.25, 0.3) is 0 Å². The van der Waals surface area contributed by atoms with E-state index in [1.807, 2.05) is 6.92 Å². The summed E-state index contributed by atoms with van der Waals surface area (Å²) in [5.74, 6) is -1.34. The van der Waals surface area contributed by atoms with Gasteiger partial charge in [-0.15, -0.1) is 11.6 Å². The molecule has 0 aliphatic carbocycles. The first-order valence-electron chi connectivity index (χ1n) is 5.30. The Morgan fingerprint density at radius 1 is 1.61 bits per heavy atom. The molecule has 0 saturated carbocycles. The van der Waals surface area contributed by atoms with E-state index in [1.54, 1.807) is 0 Å². The van der Waals surface area contributed by atoms with Gasteiger partial charge in [0, 0.05) is 18.0 Å². The van der Waals surface area contributed by atoms with Gasteiger partial charge in [0.1, 0.15) is 5.82 Å². The van der Waals surface area contributed by atoms with Crippen LogP contribution in [-0.4, -0.2) is 22.8 Å². The lowest BCUT2D eigenvalue weighted by Gasteiger charge is -2.13. The van der Waals surface area contributed by atoms with Crippen LogP contribution in [0.4, 0.5) is 10.1 Å². The molecule has 0 heterocycles. The van der Waals surface area contributed by atoms with Gasteiger partial charge in [-0.2, -0.15) is 0 Å². The number of carbonyl (C=O) groups excluding carboxylic acids is 1. The molecule has 0 spiro atoms. The minimum atomic E-state index is -0.925. The molecule has 0 fully saturated rings. The van der Waals surface area contributed by atoms with Gasteiger partial charge in [-0.3, -0.25) is 14.9 Å². The van der Waals surface area contributed by atoms with Gasteiger partial charge in [0.15, 0.2) is 0 Å². The summed E-state index contributed by atoms with van der Waals surface area (Å²) in [6.07, 6.45) is 0.615. The molecule has 1 N–H and O–H groups in total. The molecule has 5 nitrogen and oxygen atoms in total. The smallest absolute Gasteiger partial charge is 0.272 e. The van der Waals surface area contributed by atoms with Crippen LogP contribution >= 0.6 is 11.6 Å². The van der Waals surface area contributed by atoms with Crippen LogP contribution in [0, 0.1) is 15.9 Å². The van der Waals surface area contributed by atoms with Crippen molar-refractivity contribution in [1.29, 1.82) is 0 Å². The Hall–Kier alpha value is -1.69. The summed E-state index contributed by atoms with van der Waals surface area (Å²) in [7, 11) is 0. The van der Waals surface area contributed by atoms with Crippen molar-refractivity contribution >= 4 is 23.2 Å². The van der Waals surface area contributed by atoms with E-state index in [9.17, 15) is 19.3 Å². The molecule has 1 unspecified atom stereocenters. The van der Waals surface area contributed by atoms with E-state index < -0.39 is 22.3 Å². The Morgan fingerprint density at radius 2 is 2.28 bits per heavy atom. The van der Waals surface area contributed by atoms with Gasteiger partial charge in [0.25, 0.3) is 11.6 Å². The van der Waals surface area contributed by atoms with Crippen LogP contribution in [-0.2, 0) is 0 Å². The van der Waals surface area contributed by atoms with Gasteiger partial charge in [0.05, 0.1) is 16.6 Å². The molecule has 7 heteroatoms. The van der Waals surface area contributed by atoms with Crippen molar-refractivity contribution in [2.45, 2.75) is 19.4 Å². The fraction of sp³-hybridized carbons (Fsp3) is 0.364. The Bertz CT molecular complexity index is 464. The van der Waals surface area contributed by atoms with E-state index in [-0.39, 0.29) is 17.5 Å². The number of halogens is 2. The maximum Gasteiger partial charge on any atom is 0.272 e. The first kappa shape index (κ1) is 14.4. The van der Waals surface area contributed by atoms with Gasteiger partial charge in [-0.1, -0.05) is 6.92 Å². The van der Waals surface area contributed by atoms with Crippen molar-refractivity contribution in [2.24, 2.45) is 0 Å². The van der Waals surface area contributed by atoms with Crippen molar-refractivity contribution < 1.29 is 14.1 Å². The lowest BCUT2D eigenvalue weighted by Crippen LogP contribution is -2.36. The Morgan fingerprint density at radius 3 is 2.72 bits per heavy atom. The highest BCUT2D eigenvalue weighted by molar-refractivity contribution is 6.18. The summed E-state index contributed by atoms with van der Waals surface area (Å²) in [4.78, 5) is 21.4. The number of nitrogens with one attached hydrogen (secondary N) is 1. The zero-order valence-electron chi connectivity index (χ0n) is 9.65. The standard InChI is InChI=1S/C11H12ClFN2O3/c1-2-7(6-12)14-11(16)9-4-3-8(15(17)18)5-10(9)13/h3-5,7H,2,6H2,1H3,(H,14,16). The molecule has 1 atom stereocenters. The second-order valence-corrected chi connectivity index (χ2v) is 3.96. The number of rotatable bonds is 5. The minimum Gasteiger partial charge on any atom is -0.348 e. The number of amides is 1. The third-order valence-corrected chi connectivity index (χ3v) is 2.79. The average Bonchev–Trinajstić information content (AvgIpc) is 2.35. The Kier molecular flexibility index (Phi) is 5.03. The van der Waals surface area contributed by atoms with Crippen molar-refractivity contribution in [1.82, 2.24) is 5.32 Å². The maximum atomic E-state index is 13.5. The van der Waals surface area contributed by atoms with E-state index in [1.165, 1.54) is 0 Å². The fourth-order valence-corrected chi connectivity index (χ4v) is 1.61. The molecule has 1 aromatic rings. The Balaban J connectivity index is 2.90. The molecule has 1 amide bonds. The molecule has 98 valence electrons. The van der Waals surface area contributed by atoms with Crippen LogP contribution in [0.15, 0.2) is 18.2 Å². The molecule has 1 aromatic carbocycles. The van der Waals surface area contributed by atoms with E-state index in [4.69, 9.17) is 11.6 Å². The summed E-state index contributed by atoms with van der Waals surface area (Å²) in [5, 5.41) is 13.0. The SMILES string of the molecule is CCC(CCl)NC(=O)c1ccc([N+](=O)[O-])cc1F. The summed E-state index contributed by atoms with van der Waals surface area (Å²) in [6.45, 7) is 1.83. The van der Waals surface area contributed by atoms with Gasteiger partial charge >= 0.3 is 0 Å². The zero-order valence-corrected chi connectivity index (χ0v) is 10.4. The number of hydrogen-bond donors (Lipinski definition) is 1. The monoisotopic (exact) mass is 274 g/mol. The van der Waals surface area contributed by atoms with Gasteiger partial charge in [0.2, 0.25) is 0 Å². The maximum absolute atomic E-state index is 13.5. The van der Waals surface area contributed by atoms with Crippen molar-refractivity contribution in [2.75, 3.05) is 5.88 Å². The molecular formula is C11H12ClFN2O3. The first-order valence-corrected chi connectivity index (χ1v) is 5.83. The van der Waals surface area contributed by atoms with Crippen molar-refractivity contribution in [3.63, 3.8) is 0 Å². The molecule has 18 heavy (non-hydrogen) atoms. The summed E-state index contributed by atoms with van der Waals surface area (Å²) >= 11 is 5.61. The van der Waals surface area contributed by atoms with Crippen LogP contribution in [0.2, 0.25) is 0 Å². The Labute approximate surface area is 108 Å². The summed E-state index contributed by atoms with van der Waals surface area (Å²) < 4.78 is 13.5. The number of benzene rings is 1. The number of non-ortho nitro benzene ring substituents is 1. The fourth-order valence-electron chi connectivity index (χ4n) is 1.31. The second-order valence-electron chi connectivity index (χ2n) is 3.65. The average molecular weight is 275 g/mol. The molecule has 0 saturated heterocycles. The van der Waals surface area contributed by atoms with Crippen LogP contribution < -0.4 is 5.32 Å². The molecule has 1 rings (SSSR count). The second kappa shape index (κ2) is 6.30. The minimum absolute atomic E-state index is 0.219. The molecule has 0 bridgehead atoms. The quantitative estimate of drug-likeness (QED) is 0.509. The molecule has 0 aromatic heterocycles. The summed E-state index contributed by atoms with van der Waals surface area (Å²) in [5.41, 5.74) is -0.627. The van der Waals surface area contributed by atoms with E-state index >= 15 is 0 Å². The van der Waals surface area contributed by atoms with Gasteiger partial charge < -0.3 is 5.32 Å². The van der Waals surface area contributed by atoms with E-state index in [0.717, 1.165) is 18.2 Å². The van der Waals surface area contributed by atoms with E-state index in [2.05, 4.69) is 5.32 Å². The molecule has 0 aliphatic heterocycles. The van der Waals surface area contributed by atoms with Crippen LogP contribution in [0.5, 0.6) is 0 Å². The highest BCUT2D eigenvalue weighted by Gasteiger charge is 2.18. The highest BCUT2D eigenvalue weighted by atomic mass is 35.5. The van der Waals surface area contributed by atoms with Crippen molar-refractivity contribution in [3.8, 4) is 0 Å². The van der Waals surface area contributed by atoms with Crippen LogP contribution in [0.3, 0.4) is 0 Å². The van der Waals surface area contributed by atoms with Crippen LogP contribution in [0.1, 0.15) is 23.7 Å². The number of carbonyl (C=O) groups is 1. The number of nitrogens with zero attached hydrogens (tertiary/aromatic N) is 1. The van der Waals surface area contributed by atoms with Gasteiger partial charge in [-0.25, -0.2) is 4.39 Å². The van der Waals surface area contributed by atoms with Gasteiger partial charge in [-0.05, 0) is 12.5 Å². The summed E-state index contributed by atoms with van der Waals surface area (Å²) in [6, 6.07) is 2.63. The lowest BCUT2D eigenvalue weighted by molar-refractivity contribution is -0.385. The van der Waals surface area contributed by atoms with Crippen molar-refractivity contribution in [3.05, 3.63) is 39.7 Å². The zero-order chi connectivity index (χ0) is 13.7. The van der Waals surface area contributed by atoms with E-state index in [0.29, 0.717) is 6.42 Å². The number of nitro groups is 1. The third-order valence-electron chi connectivity index (χ3n) is 2.42. The first-order chi connectivity index (χ1) is 8.49.